The van der Waals surface area contributed by atoms with Crippen LogP contribution in [-0.4, -0.2) is 140 Å². The number of carbonyl (C=O) groups is 1. The van der Waals surface area contributed by atoms with E-state index in [1.165, 1.54) is 193 Å². The Morgan fingerprint density at radius 2 is 0.861 bits per heavy atom. The maximum absolute atomic E-state index is 13.2. The van der Waals surface area contributed by atoms with Crippen LogP contribution in [-0.2, 0) is 23.7 Å². The molecule has 14 nitrogen and oxygen atoms in total. The number of aliphatic hydroxyl groups excluding tert-OH is 8. The third-order valence-corrected chi connectivity index (χ3v) is 15.0. The second kappa shape index (κ2) is 44.8. The van der Waals surface area contributed by atoms with Crippen LogP contribution in [0.25, 0.3) is 0 Å². The molecule has 426 valence electrons. The summed E-state index contributed by atoms with van der Waals surface area (Å²) >= 11 is 0. The zero-order chi connectivity index (χ0) is 52.4. The summed E-state index contributed by atoms with van der Waals surface area (Å²) in [6.45, 7) is 2.78. The van der Waals surface area contributed by atoms with Gasteiger partial charge in [-0.15, -0.1) is 0 Å². The van der Waals surface area contributed by atoms with E-state index < -0.39 is 86.8 Å². The Morgan fingerprint density at radius 3 is 1.28 bits per heavy atom. The summed E-state index contributed by atoms with van der Waals surface area (Å²) in [5.41, 5.74) is 0. The van der Waals surface area contributed by atoms with Crippen LogP contribution in [0.2, 0.25) is 0 Å². The third kappa shape index (κ3) is 30.5. The molecule has 0 saturated carbocycles. The molecule has 1 amide bonds. The van der Waals surface area contributed by atoms with Crippen molar-refractivity contribution in [3.63, 3.8) is 0 Å². The lowest BCUT2D eigenvalue weighted by Crippen LogP contribution is -2.65. The Hall–Kier alpha value is -1.27. The van der Waals surface area contributed by atoms with Crippen molar-refractivity contribution in [2.24, 2.45) is 0 Å². The van der Waals surface area contributed by atoms with Gasteiger partial charge in [0, 0.05) is 6.42 Å². The number of hydrogen-bond donors (Lipinski definition) is 9. The Bertz CT molecular complexity index is 1260. The zero-order valence-electron chi connectivity index (χ0n) is 45.7. The Morgan fingerprint density at radius 1 is 0.486 bits per heavy atom. The van der Waals surface area contributed by atoms with Crippen molar-refractivity contribution in [3.8, 4) is 0 Å². The Labute approximate surface area is 437 Å². The molecule has 0 spiro atoms. The largest absolute Gasteiger partial charge is 0.394 e. The van der Waals surface area contributed by atoms with Crippen molar-refractivity contribution in [1.29, 1.82) is 0 Å². The van der Waals surface area contributed by atoms with E-state index in [9.17, 15) is 45.6 Å². The fraction of sp³-hybridized carbons (Fsp3) is 0.948. The average molecular weight is 1030 g/mol. The van der Waals surface area contributed by atoms with Gasteiger partial charge in [-0.1, -0.05) is 244 Å². The molecule has 2 fully saturated rings. The highest BCUT2D eigenvalue weighted by Crippen LogP contribution is 2.30. The van der Waals surface area contributed by atoms with E-state index in [0.29, 0.717) is 6.42 Å². The average Bonchev–Trinajstić information content (AvgIpc) is 3.38. The second-order valence-electron chi connectivity index (χ2n) is 21.5. The molecule has 0 aromatic carbocycles. The monoisotopic (exact) mass is 1030 g/mol. The highest BCUT2D eigenvalue weighted by atomic mass is 16.7. The minimum absolute atomic E-state index is 0.237. The van der Waals surface area contributed by atoms with Crippen molar-refractivity contribution in [2.75, 3.05) is 19.8 Å². The van der Waals surface area contributed by atoms with Gasteiger partial charge in [-0.25, -0.2) is 0 Å². The zero-order valence-corrected chi connectivity index (χ0v) is 45.7. The summed E-state index contributed by atoms with van der Waals surface area (Å²) in [6, 6.07) is -0.907. The summed E-state index contributed by atoms with van der Waals surface area (Å²) < 4.78 is 22.7. The van der Waals surface area contributed by atoms with Crippen molar-refractivity contribution in [2.45, 2.75) is 331 Å². The van der Waals surface area contributed by atoms with Gasteiger partial charge in [-0.2, -0.15) is 0 Å². The number of nitrogens with one attached hydrogen (secondary N) is 1. The molecule has 72 heavy (non-hydrogen) atoms. The van der Waals surface area contributed by atoms with E-state index in [0.717, 1.165) is 38.5 Å². The maximum Gasteiger partial charge on any atom is 0.220 e. The quantitative estimate of drug-likeness (QED) is 0.0205. The maximum atomic E-state index is 13.2. The molecule has 2 heterocycles. The summed E-state index contributed by atoms with van der Waals surface area (Å²) in [5, 5.41) is 86.7. The van der Waals surface area contributed by atoms with Gasteiger partial charge in [0.25, 0.3) is 0 Å². The number of rotatable bonds is 48. The first kappa shape index (κ1) is 66.8. The van der Waals surface area contributed by atoms with Crippen LogP contribution in [0.15, 0.2) is 12.2 Å². The third-order valence-electron chi connectivity index (χ3n) is 15.0. The lowest BCUT2D eigenvalue weighted by molar-refractivity contribution is -0.359. The molecular weight excluding hydrogens is 919 g/mol. The van der Waals surface area contributed by atoms with Crippen LogP contribution < -0.4 is 5.32 Å². The number of ether oxygens (including phenoxy) is 4. The molecule has 0 aromatic rings. The molecule has 4 unspecified atom stereocenters. The van der Waals surface area contributed by atoms with Gasteiger partial charge in [-0.05, 0) is 19.3 Å². The predicted molar refractivity (Wildman–Crippen MR) is 286 cm³/mol. The van der Waals surface area contributed by atoms with E-state index in [4.69, 9.17) is 18.9 Å². The molecule has 2 aliphatic heterocycles. The van der Waals surface area contributed by atoms with Gasteiger partial charge in [0.05, 0.1) is 32.0 Å². The van der Waals surface area contributed by atoms with Gasteiger partial charge in [0.15, 0.2) is 12.6 Å². The van der Waals surface area contributed by atoms with Crippen molar-refractivity contribution < 1.29 is 64.6 Å². The first-order valence-electron chi connectivity index (χ1n) is 29.9. The van der Waals surface area contributed by atoms with Crippen molar-refractivity contribution >= 4 is 5.91 Å². The lowest BCUT2D eigenvalue weighted by atomic mass is 9.97. The number of aliphatic hydroxyl groups is 8. The molecular formula is C58H111NO13. The fourth-order valence-corrected chi connectivity index (χ4v) is 10.1. The summed E-state index contributed by atoms with van der Waals surface area (Å²) in [7, 11) is 0. The normalized spacial score (nSPS) is 25.6. The van der Waals surface area contributed by atoms with Gasteiger partial charge in [0.1, 0.15) is 48.8 Å². The highest BCUT2D eigenvalue weighted by Gasteiger charge is 2.51. The Kier molecular flexibility index (Phi) is 41.6. The molecule has 0 bridgehead atoms. The SMILES string of the molecule is CCCCCCCCC/C=C/[C@@H](O)[C@H](CO[C@@H]1O[C@H](CO)[C@@H](O[C@@H]2O[C@H](CO)[C@H](O)C(O)C2O)C(O)C1O)NC(=O)CCCCCCCCCCCCCCCCCCCCCCCCCCCCCCC. The minimum Gasteiger partial charge on any atom is -0.394 e. The summed E-state index contributed by atoms with van der Waals surface area (Å²) in [6.07, 6.45) is 34.4. The predicted octanol–water partition coefficient (Wildman–Crippen LogP) is 9.89. The molecule has 14 heteroatoms. The van der Waals surface area contributed by atoms with E-state index >= 15 is 0 Å². The summed E-state index contributed by atoms with van der Waals surface area (Å²) in [5.74, 6) is -0.237. The minimum atomic E-state index is -1.78. The van der Waals surface area contributed by atoms with Crippen LogP contribution >= 0.6 is 0 Å². The van der Waals surface area contributed by atoms with E-state index in [-0.39, 0.29) is 18.9 Å². The van der Waals surface area contributed by atoms with Crippen molar-refractivity contribution in [1.82, 2.24) is 5.32 Å². The molecule has 2 saturated heterocycles. The number of allylic oxidation sites excluding steroid dienone is 1. The standard InChI is InChI=1S/C58H111NO13/c1-3-5-7-9-11-13-14-15-16-17-18-19-20-21-22-23-24-25-26-27-28-29-30-31-32-34-36-38-40-42-50(63)59-46(47(62)41-39-37-35-33-12-10-8-6-4-2)45-69-57-55(68)53(66)56(49(44-61)71-57)72-58-54(67)52(65)51(64)48(43-60)70-58/h39,41,46-49,51-58,60-62,64-68H,3-38,40,42-45H2,1-2H3,(H,59,63)/b41-39+/t46-,47+,48+,49+,51-,52?,53?,54?,55?,56+,57+,58-/m0/s1. The van der Waals surface area contributed by atoms with Gasteiger partial charge in [-0.3, -0.25) is 4.79 Å². The van der Waals surface area contributed by atoms with Gasteiger partial charge < -0.3 is 65.1 Å². The van der Waals surface area contributed by atoms with Crippen LogP contribution in [0, 0.1) is 0 Å². The second-order valence-corrected chi connectivity index (χ2v) is 21.5. The van der Waals surface area contributed by atoms with E-state index in [1.807, 2.05) is 6.08 Å². The molecule has 12 atom stereocenters. The molecule has 0 aliphatic carbocycles. The Balaban J connectivity index is 1.62. The molecule has 9 N–H and O–H groups in total. The topological polar surface area (TPSA) is 228 Å². The number of amides is 1. The first-order chi connectivity index (χ1) is 35.1. The van der Waals surface area contributed by atoms with E-state index in [2.05, 4.69) is 19.2 Å². The number of carbonyl (C=O) groups excluding carboxylic acids is 1. The van der Waals surface area contributed by atoms with E-state index in [1.54, 1.807) is 6.08 Å². The smallest absolute Gasteiger partial charge is 0.220 e. The number of hydrogen-bond acceptors (Lipinski definition) is 13. The van der Waals surface area contributed by atoms with Crippen LogP contribution in [0.4, 0.5) is 0 Å². The number of unbranched alkanes of at least 4 members (excludes halogenated alkanes) is 35. The van der Waals surface area contributed by atoms with Gasteiger partial charge >= 0.3 is 0 Å². The molecule has 2 aliphatic rings. The molecule has 2 rings (SSSR count). The molecule has 0 aromatic heterocycles. The van der Waals surface area contributed by atoms with Crippen LogP contribution in [0.5, 0.6) is 0 Å². The van der Waals surface area contributed by atoms with Crippen LogP contribution in [0.1, 0.15) is 258 Å². The van der Waals surface area contributed by atoms with Crippen LogP contribution in [0.3, 0.4) is 0 Å². The fourth-order valence-electron chi connectivity index (χ4n) is 10.1. The highest BCUT2D eigenvalue weighted by molar-refractivity contribution is 5.76. The van der Waals surface area contributed by atoms with Crippen molar-refractivity contribution in [3.05, 3.63) is 12.2 Å². The summed E-state index contributed by atoms with van der Waals surface area (Å²) in [4.78, 5) is 13.2. The first-order valence-corrected chi connectivity index (χ1v) is 29.9. The van der Waals surface area contributed by atoms with Gasteiger partial charge in [0.2, 0.25) is 5.91 Å². The molecule has 0 radical (unpaired) electrons. The lowest BCUT2D eigenvalue weighted by Gasteiger charge is -2.46.